The Balaban J connectivity index is 4.34. The summed E-state index contributed by atoms with van der Waals surface area (Å²) < 4.78 is 34.0. The topological polar surface area (TPSA) is 111 Å². The van der Waals surface area contributed by atoms with E-state index in [2.05, 4.69) is 98.9 Å². The Kier molecular flexibility index (Phi) is 42.4. The zero-order valence-corrected chi connectivity index (χ0v) is 41.6. The number of rotatable bonds is 44. The van der Waals surface area contributed by atoms with Crippen LogP contribution in [-0.4, -0.2) is 70.0 Å². The molecule has 0 saturated heterocycles. The van der Waals surface area contributed by atoms with E-state index in [4.69, 9.17) is 18.5 Å². The largest absolute Gasteiger partial charge is 0.756 e. The number of allylic oxidation sites excluding steroid dienone is 14. The fourth-order valence-electron chi connectivity index (χ4n) is 6.30. The minimum atomic E-state index is -4.64. The average molecular weight is 902 g/mol. The highest BCUT2D eigenvalue weighted by Gasteiger charge is 2.21. The summed E-state index contributed by atoms with van der Waals surface area (Å²) in [7, 11) is 1.14. The number of nitrogens with zero attached hydrogens (tertiary/aromatic N) is 1. The second-order valence-electron chi connectivity index (χ2n) is 17.4. The lowest BCUT2D eigenvalue weighted by molar-refractivity contribution is -0.870. The third kappa shape index (κ3) is 48.5. The summed E-state index contributed by atoms with van der Waals surface area (Å²) in [5.41, 5.74) is 0. The molecule has 0 N–H and O–H groups in total. The van der Waals surface area contributed by atoms with E-state index in [1.54, 1.807) is 0 Å². The fourth-order valence-corrected chi connectivity index (χ4v) is 7.03. The van der Waals surface area contributed by atoms with Crippen LogP contribution in [0.2, 0.25) is 0 Å². The number of hydrogen-bond acceptors (Lipinski definition) is 8. The molecule has 0 heterocycles. The first-order valence-electron chi connectivity index (χ1n) is 24.8. The molecule has 10 heteroatoms. The van der Waals surface area contributed by atoms with Crippen molar-refractivity contribution in [3.8, 4) is 0 Å². The van der Waals surface area contributed by atoms with E-state index >= 15 is 0 Å². The maximum absolute atomic E-state index is 12.7. The van der Waals surface area contributed by atoms with Crippen molar-refractivity contribution in [2.24, 2.45) is 0 Å². The highest BCUT2D eigenvalue weighted by atomic mass is 31.2. The minimum Gasteiger partial charge on any atom is -0.756 e. The number of phosphoric ester groups is 1. The van der Waals surface area contributed by atoms with Crippen LogP contribution in [0.15, 0.2) is 85.1 Å². The standard InChI is InChI=1S/C53H92NO8P/c1-6-8-10-12-14-16-18-20-22-24-25-26-27-28-29-30-32-34-36-38-40-42-44-46-53(56)62-51(50-61-63(57,58)60-48-47-54(3,4)5)49-59-52(55)45-43-41-39-37-35-33-31-23-21-19-17-15-13-11-9-7-2/h8,10,14,16-17,19-20,22-23,25-26,28-29,31,51H,6-7,9,11-13,15,18,21,24,27,30,32-50H2,1-5H3/b10-8-,16-14-,19-17-,22-20-,26-25-,29-28-,31-23-. The molecule has 0 bridgehead atoms. The number of ether oxygens (including phenoxy) is 2. The van der Waals surface area contributed by atoms with Gasteiger partial charge in [-0.2, -0.15) is 0 Å². The summed E-state index contributed by atoms with van der Waals surface area (Å²) in [6.07, 6.45) is 57.5. The Bertz CT molecular complexity index is 1340. The molecule has 0 amide bonds. The number of hydrogen-bond donors (Lipinski definition) is 0. The highest BCUT2D eigenvalue weighted by Crippen LogP contribution is 2.38. The molecule has 0 spiro atoms. The maximum atomic E-state index is 12.7. The van der Waals surface area contributed by atoms with Crippen LogP contribution in [0.4, 0.5) is 0 Å². The van der Waals surface area contributed by atoms with Crippen molar-refractivity contribution in [1.82, 2.24) is 0 Å². The Morgan fingerprint density at radius 3 is 1.35 bits per heavy atom. The SMILES string of the molecule is CC/C=C\C/C=C\C/C=C\C/C=C\C/C=C\CCCCCCCCCC(=O)OC(COC(=O)CCCCCCC/C=C\C/C=C\CCCCCC)COP(=O)([O-])OCC[N+](C)(C)C. The smallest absolute Gasteiger partial charge is 0.306 e. The van der Waals surface area contributed by atoms with Gasteiger partial charge in [0.2, 0.25) is 0 Å². The van der Waals surface area contributed by atoms with E-state index in [9.17, 15) is 19.0 Å². The monoisotopic (exact) mass is 902 g/mol. The molecular formula is C53H92NO8P. The molecule has 0 aromatic heterocycles. The number of esters is 2. The Labute approximate surface area is 386 Å². The van der Waals surface area contributed by atoms with Crippen LogP contribution < -0.4 is 4.89 Å². The Hall–Kier alpha value is -2.81. The first-order valence-corrected chi connectivity index (χ1v) is 26.3. The molecule has 362 valence electrons. The van der Waals surface area contributed by atoms with Gasteiger partial charge in [-0.05, 0) is 89.9 Å². The van der Waals surface area contributed by atoms with E-state index in [1.807, 2.05) is 21.1 Å². The van der Waals surface area contributed by atoms with E-state index in [-0.39, 0.29) is 26.1 Å². The lowest BCUT2D eigenvalue weighted by Crippen LogP contribution is -2.37. The van der Waals surface area contributed by atoms with Crippen LogP contribution in [0.25, 0.3) is 0 Å². The van der Waals surface area contributed by atoms with Crippen molar-refractivity contribution in [2.45, 2.75) is 193 Å². The second kappa shape index (κ2) is 44.4. The first kappa shape index (κ1) is 60.2. The molecule has 0 radical (unpaired) electrons. The second-order valence-corrected chi connectivity index (χ2v) is 18.9. The number of carbonyl (C=O) groups excluding carboxylic acids is 2. The van der Waals surface area contributed by atoms with Crippen molar-refractivity contribution in [1.29, 1.82) is 0 Å². The predicted molar refractivity (Wildman–Crippen MR) is 263 cm³/mol. The zero-order valence-electron chi connectivity index (χ0n) is 40.7. The molecule has 0 aliphatic carbocycles. The van der Waals surface area contributed by atoms with Crippen LogP contribution in [-0.2, 0) is 32.7 Å². The normalized spacial score (nSPS) is 14.2. The van der Waals surface area contributed by atoms with Crippen LogP contribution in [0, 0.1) is 0 Å². The Morgan fingerprint density at radius 2 is 0.905 bits per heavy atom. The van der Waals surface area contributed by atoms with Crippen molar-refractivity contribution in [3.63, 3.8) is 0 Å². The molecule has 0 aromatic carbocycles. The third-order valence-corrected chi connectivity index (χ3v) is 11.1. The number of carbonyl (C=O) groups is 2. The van der Waals surface area contributed by atoms with Crippen molar-refractivity contribution >= 4 is 19.8 Å². The highest BCUT2D eigenvalue weighted by molar-refractivity contribution is 7.45. The lowest BCUT2D eigenvalue weighted by atomic mass is 10.1. The minimum absolute atomic E-state index is 0.0401. The van der Waals surface area contributed by atoms with Crippen molar-refractivity contribution in [3.05, 3.63) is 85.1 Å². The molecule has 0 aliphatic heterocycles. The Morgan fingerprint density at radius 1 is 0.508 bits per heavy atom. The number of quaternary nitrogens is 1. The van der Waals surface area contributed by atoms with Gasteiger partial charge in [-0.25, -0.2) is 0 Å². The average Bonchev–Trinajstić information content (AvgIpc) is 3.24. The summed E-state index contributed by atoms with van der Waals surface area (Å²) in [5.74, 6) is -0.868. The van der Waals surface area contributed by atoms with Gasteiger partial charge in [-0.15, -0.1) is 0 Å². The van der Waals surface area contributed by atoms with Gasteiger partial charge >= 0.3 is 11.9 Å². The molecule has 2 unspecified atom stereocenters. The predicted octanol–water partition coefficient (Wildman–Crippen LogP) is 14.1. The van der Waals surface area contributed by atoms with E-state index in [0.29, 0.717) is 23.9 Å². The fraction of sp³-hybridized carbons (Fsp3) is 0.698. The summed E-state index contributed by atoms with van der Waals surface area (Å²) in [6, 6.07) is 0. The summed E-state index contributed by atoms with van der Waals surface area (Å²) >= 11 is 0. The van der Waals surface area contributed by atoms with E-state index < -0.39 is 32.5 Å². The van der Waals surface area contributed by atoms with Gasteiger partial charge < -0.3 is 27.9 Å². The lowest BCUT2D eigenvalue weighted by Gasteiger charge is -2.28. The molecular weight excluding hydrogens is 810 g/mol. The van der Waals surface area contributed by atoms with Gasteiger partial charge in [0.15, 0.2) is 6.10 Å². The zero-order chi connectivity index (χ0) is 46.4. The maximum Gasteiger partial charge on any atom is 0.306 e. The number of unbranched alkanes of at least 4 members (excludes halogenated alkanes) is 16. The summed E-state index contributed by atoms with van der Waals surface area (Å²) in [4.78, 5) is 37.7. The summed E-state index contributed by atoms with van der Waals surface area (Å²) in [5, 5.41) is 0. The van der Waals surface area contributed by atoms with Crippen molar-refractivity contribution in [2.75, 3.05) is 47.5 Å². The quantitative estimate of drug-likeness (QED) is 0.0195. The third-order valence-electron chi connectivity index (χ3n) is 10.1. The van der Waals surface area contributed by atoms with Gasteiger partial charge in [0.1, 0.15) is 19.8 Å². The molecule has 2 atom stereocenters. The van der Waals surface area contributed by atoms with Gasteiger partial charge in [-0.1, -0.05) is 170 Å². The number of likely N-dealkylation sites (N-methyl/N-ethyl adjacent to an activating group) is 1. The number of phosphoric acid groups is 1. The first-order chi connectivity index (χ1) is 30.5. The van der Waals surface area contributed by atoms with Crippen LogP contribution in [0.3, 0.4) is 0 Å². The molecule has 0 aromatic rings. The molecule has 9 nitrogen and oxygen atoms in total. The van der Waals surface area contributed by atoms with Gasteiger partial charge in [-0.3, -0.25) is 14.2 Å². The summed E-state index contributed by atoms with van der Waals surface area (Å²) in [6.45, 7) is 4.06. The van der Waals surface area contributed by atoms with Gasteiger partial charge in [0.05, 0.1) is 27.7 Å². The van der Waals surface area contributed by atoms with Gasteiger partial charge in [0.25, 0.3) is 7.82 Å². The molecule has 63 heavy (non-hydrogen) atoms. The molecule has 0 rings (SSSR count). The van der Waals surface area contributed by atoms with Crippen LogP contribution >= 0.6 is 7.82 Å². The van der Waals surface area contributed by atoms with E-state index in [1.165, 1.54) is 51.4 Å². The van der Waals surface area contributed by atoms with Crippen LogP contribution in [0.1, 0.15) is 187 Å². The van der Waals surface area contributed by atoms with Crippen molar-refractivity contribution < 1.29 is 42.1 Å². The van der Waals surface area contributed by atoms with E-state index in [0.717, 1.165) is 96.3 Å². The van der Waals surface area contributed by atoms with Gasteiger partial charge in [0, 0.05) is 12.8 Å². The van der Waals surface area contributed by atoms with Crippen LogP contribution in [0.5, 0.6) is 0 Å². The molecule has 0 aliphatic rings. The molecule has 0 saturated carbocycles. The molecule has 0 fully saturated rings.